The highest BCUT2D eigenvalue weighted by molar-refractivity contribution is 6.35. The topological polar surface area (TPSA) is 18.1 Å². The van der Waals surface area contributed by atoms with E-state index in [-0.39, 0.29) is 0 Å². The van der Waals surface area contributed by atoms with Gasteiger partial charge >= 0.3 is 0 Å². The van der Waals surface area contributed by atoms with Crippen molar-refractivity contribution in [1.29, 1.82) is 0 Å². The highest BCUT2D eigenvalue weighted by Gasteiger charge is 2.26. The molecule has 0 unspecified atom stereocenters. The molecule has 0 atom stereocenters. The van der Waals surface area contributed by atoms with Crippen LogP contribution < -0.4 is 4.74 Å². The summed E-state index contributed by atoms with van der Waals surface area (Å²) in [5.74, 6) is 0.885. The highest BCUT2D eigenvalue weighted by atomic mass is 16.5. The van der Waals surface area contributed by atoms with Crippen LogP contribution in [0.4, 0.5) is 0 Å². The fraction of sp³-hybridized carbons (Fsp3) is 0.0204. The van der Waals surface area contributed by atoms with Crippen molar-refractivity contribution in [2.45, 2.75) is 0 Å². The van der Waals surface area contributed by atoms with Crippen molar-refractivity contribution in [2.24, 2.45) is 0 Å². The summed E-state index contributed by atoms with van der Waals surface area (Å²) in [7, 11) is 1.74. The molecular formula is C49H28N2O. The molecule has 0 amide bonds. The minimum Gasteiger partial charge on any atom is -0.497 e. The van der Waals surface area contributed by atoms with Crippen molar-refractivity contribution in [3.63, 3.8) is 0 Å². The lowest BCUT2D eigenvalue weighted by atomic mass is 9.96. The lowest BCUT2D eigenvalue weighted by Gasteiger charge is -2.07. The summed E-state index contributed by atoms with van der Waals surface area (Å²) < 4.78 is 10.6. The fourth-order valence-electron chi connectivity index (χ4n) is 9.71. The zero-order valence-corrected chi connectivity index (χ0v) is 28.2. The van der Waals surface area contributed by atoms with Crippen LogP contribution in [0.5, 0.6) is 5.75 Å². The van der Waals surface area contributed by atoms with Gasteiger partial charge in [-0.1, -0.05) is 97.1 Å². The van der Waals surface area contributed by atoms with Gasteiger partial charge in [0.2, 0.25) is 0 Å². The average Bonchev–Trinajstić information content (AvgIpc) is 4.00. The summed E-state index contributed by atoms with van der Waals surface area (Å²) in [4.78, 5) is 0. The first-order chi connectivity index (χ1) is 25.7. The van der Waals surface area contributed by atoms with E-state index in [9.17, 15) is 0 Å². The molecule has 0 aliphatic heterocycles. The Balaban J connectivity index is 1.05. The van der Waals surface area contributed by atoms with Crippen molar-refractivity contribution in [1.82, 2.24) is 8.80 Å². The predicted octanol–water partition coefficient (Wildman–Crippen LogP) is 13.0. The number of hydrogen-bond donors (Lipinski definition) is 0. The van der Waals surface area contributed by atoms with E-state index in [4.69, 9.17) is 4.74 Å². The molecule has 13 aromatic rings. The molecule has 5 aromatic heterocycles. The molecule has 0 aliphatic rings. The molecule has 0 spiro atoms. The Kier molecular flexibility index (Phi) is 4.81. The number of benzene rings is 8. The zero-order valence-electron chi connectivity index (χ0n) is 28.2. The van der Waals surface area contributed by atoms with Gasteiger partial charge in [0.15, 0.2) is 0 Å². The first-order valence-electron chi connectivity index (χ1n) is 18.0. The summed E-state index contributed by atoms with van der Waals surface area (Å²) >= 11 is 0. The Bertz CT molecular complexity index is 3530. The van der Waals surface area contributed by atoms with Gasteiger partial charge in [0.25, 0.3) is 0 Å². The van der Waals surface area contributed by atoms with Crippen LogP contribution in [-0.2, 0) is 0 Å². The van der Waals surface area contributed by atoms with E-state index in [1.54, 1.807) is 7.11 Å². The van der Waals surface area contributed by atoms with Gasteiger partial charge in [-0.15, -0.1) is 0 Å². The van der Waals surface area contributed by atoms with E-state index in [1.165, 1.54) is 120 Å². The Morgan fingerprint density at radius 3 is 1.35 bits per heavy atom. The molecule has 3 heteroatoms. The van der Waals surface area contributed by atoms with Crippen molar-refractivity contribution < 1.29 is 4.74 Å². The van der Waals surface area contributed by atoms with Crippen molar-refractivity contribution in [3.05, 3.63) is 152 Å². The van der Waals surface area contributed by atoms with E-state index in [0.717, 1.165) is 5.75 Å². The highest BCUT2D eigenvalue weighted by Crippen LogP contribution is 2.50. The second-order valence-electron chi connectivity index (χ2n) is 14.5. The molecule has 240 valence electrons. The molecule has 0 aliphatic carbocycles. The van der Waals surface area contributed by atoms with Gasteiger partial charge in [0.1, 0.15) is 5.75 Å². The standard InChI is InChI=1S/C49H28N2O/c1-52-33-18-20-45-39(26-33)35-10-5-9-34-38-21-30(17-19-44(38)50(45)46(34)35)32-24-41-37-12-6-11-36-40-22-31(23-42-43(25-32)49(41)51(47(36)37)48(40)42)29-15-13-28(14-16-29)27-7-3-2-4-8-27/h2-26H,1H3. The van der Waals surface area contributed by atoms with Crippen LogP contribution in [0.15, 0.2) is 152 Å². The first-order valence-corrected chi connectivity index (χ1v) is 18.0. The summed E-state index contributed by atoms with van der Waals surface area (Å²) in [5.41, 5.74) is 15.2. The number of rotatable bonds is 4. The zero-order chi connectivity index (χ0) is 33.8. The fourth-order valence-corrected chi connectivity index (χ4v) is 9.71. The SMILES string of the molecule is COc1ccc2c(c1)c1cccc3c4cc(-c5cc6c7cccc8c9cc(-c%10ccc(-c%11ccccc%11)cc%10)cc%10c(c5)c6n(c87)c9%10)ccc4n2c13. The van der Waals surface area contributed by atoms with Gasteiger partial charge in [-0.2, -0.15) is 0 Å². The molecule has 0 N–H and O–H groups in total. The van der Waals surface area contributed by atoms with Gasteiger partial charge in [-0.05, 0) is 88.0 Å². The van der Waals surface area contributed by atoms with E-state index >= 15 is 0 Å². The van der Waals surface area contributed by atoms with Crippen LogP contribution in [0.25, 0.3) is 120 Å². The van der Waals surface area contributed by atoms with Crippen LogP contribution in [0.3, 0.4) is 0 Å². The van der Waals surface area contributed by atoms with Gasteiger partial charge in [-0.3, -0.25) is 0 Å². The molecule has 0 saturated heterocycles. The van der Waals surface area contributed by atoms with Crippen molar-refractivity contribution in [3.8, 4) is 39.1 Å². The van der Waals surface area contributed by atoms with Crippen LogP contribution in [0, 0.1) is 0 Å². The summed E-state index contributed by atoms with van der Waals surface area (Å²) in [6, 6.07) is 56.4. The maximum absolute atomic E-state index is 5.60. The van der Waals surface area contributed by atoms with Gasteiger partial charge < -0.3 is 13.5 Å². The van der Waals surface area contributed by atoms with Crippen LogP contribution in [-0.4, -0.2) is 15.9 Å². The van der Waals surface area contributed by atoms with Gasteiger partial charge in [0, 0.05) is 53.9 Å². The number of methoxy groups -OCH3 is 1. The summed E-state index contributed by atoms with van der Waals surface area (Å²) in [6.07, 6.45) is 0. The monoisotopic (exact) mass is 660 g/mol. The van der Waals surface area contributed by atoms with Crippen LogP contribution in [0.2, 0.25) is 0 Å². The van der Waals surface area contributed by atoms with Gasteiger partial charge in [0.05, 0.1) is 40.2 Å². The lowest BCUT2D eigenvalue weighted by Crippen LogP contribution is -1.84. The smallest absolute Gasteiger partial charge is 0.119 e. The summed E-state index contributed by atoms with van der Waals surface area (Å²) in [6.45, 7) is 0. The molecule has 3 nitrogen and oxygen atoms in total. The molecule has 8 aromatic carbocycles. The lowest BCUT2D eigenvalue weighted by molar-refractivity contribution is 0.415. The Hall–Kier alpha value is -6.84. The molecule has 0 bridgehead atoms. The maximum atomic E-state index is 5.60. The quantitative estimate of drug-likeness (QED) is 0.184. The van der Waals surface area contributed by atoms with E-state index in [2.05, 4.69) is 160 Å². The van der Waals surface area contributed by atoms with E-state index in [0.29, 0.717) is 0 Å². The Morgan fingerprint density at radius 1 is 0.308 bits per heavy atom. The number of fused-ring (bicyclic) bond motifs is 9. The number of aromatic nitrogens is 2. The van der Waals surface area contributed by atoms with E-state index in [1.807, 2.05) is 0 Å². The first kappa shape index (κ1) is 27.0. The molecule has 13 rings (SSSR count). The number of ether oxygens (including phenoxy) is 1. The Labute approximate surface area is 297 Å². The second kappa shape index (κ2) is 9.28. The molecule has 0 radical (unpaired) electrons. The third kappa shape index (κ3) is 3.19. The number of hydrogen-bond acceptors (Lipinski definition) is 1. The van der Waals surface area contributed by atoms with E-state index < -0.39 is 0 Å². The molecule has 52 heavy (non-hydrogen) atoms. The number of nitrogens with zero attached hydrogens (tertiary/aromatic N) is 2. The largest absolute Gasteiger partial charge is 0.497 e. The summed E-state index contributed by atoms with van der Waals surface area (Å²) in [5, 5.41) is 13.0. The van der Waals surface area contributed by atoms with Crippen LogP contribution in [0.1, 0.15) is 0 Å². The minimum atomic E-state index is 0.885. The van der Waals surface area contributed by atoms with Crippen LogP contribution >= 0.6 is 0 Å². The number of para-hydroxylation sites is 2. The minimum absolute atomic E-state index is 0.885. The molecule has 0 saturated carbocycles. The third-order valence-corrected chi connectivity index (χ3v) is 12.0. The maximum Gasteiger partial charge on any atom is 0.119 e. The normalized spacial score (nSPS) is 12.7. The van der Waals surface area contributed by atoms with Crippen molar-refractivity contribution >= 4 is 87.0 Å². The second-order valence-corrected chi connectivity index (χ2v) is 14.5. The predicted molar refractivity (Wildman–Crippen MR) is 218 cm³/mol. The third-order valence-electron chi connectivity index (χ3n) is 12.0. The van der Waals surface area contributed by atoms with Crippen molar-refractivity contribution in [2.75, 3.05) is 7.11 Å². The Morgan fingerprint density at radius 2 is 0.731 bits per heavy atom. The molecule has 5 heterocycles. The molecular weight excluding hydrogens is 633 g/mol. The van der Waals surface area contributed by atoms with Gasteiger partial charge in [-0.25, -0.2) is 0 Å². The average molecular weight is 661 g/mol. The molecule has 0 fully saturated rings.